The summed E-state index contributed by atoms with van der Waals surface area (Å²) in [4.78, 5) is 3.30. The second kappa shape index (κ2) is 6.09. The van der Waals surface area contributed by atoms with E-state index in [9.17, 15) is 0 Å². The molecule has 0 aliphatic heterocycles. The number of nitrogens with one attached hydrogen (secondary N) is 1. The van der Waals surface area contributed by atoms with Gasteiger partial charge in [-0.05, 0) is 37.3 Å². The maximum atomic E-state index is 3.73. The number of hydrogen-bond donors (Lipinski definition) is 1. The molecule has 1 aromatic carbocycles. The molecule has 0 fully saturated rings. The predicted molar refractivity (Wildman–Crippen MR) is 75.2 cm³/mol. The maximum absolute atomic E-state index is 3.73. The standard InChI is InChI=1S/C16H19N/c1-2-3-4-5-6-7-10-14-13-17-16-12-9-8-11-15(14)16/h2,6-9,11-13,17H,1,3-5,10H2/b7-6+. The lowest BCUT2D eigenvalue weighted by Crippen LogP contribution is -1.77. The first-order chi connectivity index (χ1) is 8.42. The van der Waals surface area contributed by atoms with Gasteiger partial charge in [0.15, 0.2) is 0 Å². The van der Waals surface area contributed by atoms with Gasteiger partial charge >= 0.3 is 0 Å². The molecule has 0 aliphatic carbocycles. The Morgan fingerprint density at radius 3 is 2.88 bits per heavy atom. The molecule has 0 bridgehead atoms. The Kier molecular flexibility index (Phi) is 4.20. The lowest BCUT2D eigenvalue weighted by molar-refractivity contribution is 0.867. The summed E-state index contributed by atoms with van der Waals surface area (Å²) in [6.07, 6.45) is 13.1. The van der Waals surface area contributed by atoms with Gasteiger partial charge in [0.25, 0.3) is 0 Å². The van der Waals surface area contributed by atoms with Gasteiger partial charge in [0, 0.05) is 17.1 Å². The van der Waals surface area contributed by atoms with E-state index in [2.05, 4.69) is 54.2 Å². The summed E-state index contributed by atoms with van der Waals surface area (Å²) < 4.78 is 0. The summed E-state index contributed by atoms with van der Waals surface area (Å²) in [7, 11) is 0. The number of benzene rings is 1. The smallest absolute Gasteiger partial charge is 0.0456 e. The van der Waals surface area contributed by atoms with Crippen LogP contribution in [0.4, 0.5) is 0 Å². The minimum Gasteiger partial charge on any atom is -0.361 e. The van der Waals surface area contributed by atoms with Crippen molar-refractivity contribution in [3.05, 3.63) is 60.8 Å². The highest BCUT2D eigenvalue weighted by Crippen LogP contribution is 2.18. The van der Waals surface area contributed by atoms with Crippen LogP contribution in [0.5, 0.6) is 0 Å². The van der Waals surface area contributed by atoms with E-state index in [1.807, 2.05) is 6.08 Å². The zero-order chi connectivity index (χ0) is 11.9. The molecule has 88 valence electrons. The number of H-pyrrole nitrogens is 1. The molecule has 0 unspecified atom stereocenters. The first kappa shape index (κ1) is 11.7. The molecule has 0 radical (unpaired) electrons. The van der Waals surface area contributed by atoms with E-state index in [1.54, 1.807) is 0 Å². The van der Waals surface area contributed by atoms with Crippen LogP contribution < -0.4 is 0 Å². The Balaban J connectivity index is 1.92. The number of fused-ring (bicyclic) bond motifs is 1. The predicted octanol–water partition coefficient (Wildman–Crippen LogP) is 4.62. The van der Waals surface area contributed by atoms with Crippen molar-refractivity contribution < 1.29 is 0 Å². The van der Waals surface area contributed by atoms with Crippen LogP contribution in [0, 0.1) is 0 Å². The molecule has 17 heavy (non-hydrogen) atoms. The fourth-order valence-corrected chi connectivity index (χ4v) is 2.01. The average molecular weight is 225 g/mol. The van der Waals surface area contributed by atoms with Gasteiger partial charge in [-0.1, -0.05) is 36.4 Å². The molecule has 0 saturated carbocycles. The number of rotatable bonds is 6. The number of unbranched alkanes of at least 4 members (excludes halogenated alkanes) is 2. The van der Waals surface area contributed by atoms with Gasteiger partial charge in [-0.3, -0.25) is 0 Å². The molecule has 1 nitrogen and oxygen atoms in total. The van der Waals surface area contributed by atoms with Crippen LogP contribution in [-0.2, 0) is 6.42 Å². The number of aromatic amines is 1. The summed E-state index contributed by atoms with van der Waals surface area (Å²) in [5.74, 6) is 0. The number of para-hydroxylation sites is 1. The molecule has 0 aliphatic rings. The quantitative estimate of drug-likeness (QED) is 0.545. The van der Waals surface area contributed by atoms with Crippen molar-refractivity contribution in [2.45, 2.75) is 25.7 Å². The van der Waals surface area contributed by atoms with Crippen molar-refractivity contribution in [3.63, 3.8) is 0 Å². The summed E-state index contributed by atoms with van der Waals surface area (Å²) >= 11 is 0. The van der Waals surface area contributed by atoms with E-state index in [4.69, 9.17) is 0 Å². The summed E-state index contributed by atoms with van der Waals surface area (Å²) in [6.45, 7) is 3.73. The van der Waals surface area contributed by atoms with Crippen molar-refractivity contribution in [3.8, 4) is 0 Å². The van der Waals surface area contributed by atoms with E-state index >= 15 is 0 Å². The van der Waals surface area contributed by atoms with Gasteiger partial charge in [0.2, 0.25) is 0 Å². The number of hydrogen-bond acceptors (Lipinski definition) is 0. The lowest BCUT2D eigenvalue weighted by Gasteiger charge is -1.94. The van der Waals surface area contributed by atoms with Crippen molar-refractivity contribution in [2.24, 2.45) is 0 Å². The molecule has 0 saturated heterocycles. The third-order valence-corrected chi connectivity index (χ3v) is 2.96. The van der Waals surface area contributed by atoms with Gasteiger partial charge in [0.05, 0.1) is 0 Å². The van der Waals surface area contributed by atoms with E-state index < -0.39 is 0 Å². The topological polar surface area (TPSA) is 15.8 Å². The Hall–Kier alpha value is -1.76. The molecular formula is C16H19N. The molecule has 0 spiro atoms. The Labute approximate surface area is 103 Å². The molecule has 1 aromatic heterocycles. The van der Waals surface area contributed by atoms with Crippen molar-refractivity contribution in [2.75, 3.05) is 0 Å². The fourth-order valence-electron chi connectivity index (χ4n) is 2.01. The van der Waals surface area contributed by atoms with Gasteiger partial charge < -0.3 is 4.98 Å². The molecule has 0 amide bonds. The molecule has 1 heteroatoms. The Morgan fingerprint density at radius 2 is 2.00 bits per heavy atom. The van der Waals surface area contributed by atoms with Gasteiger partial charge in [-0.25, -0.2) is 0 Å². The molecule has 0 atom stereocenters. The molecular weight excluding hydrogens is 206 g/mol. The zero-order valence-electron chi connectivity index (χ0n) is 10.2. The van der Waals surface area contributed by atoms with Crippen LogP contribution in [0.2, 0.25) is 0 Å². The second-order valence-corrected chi connectivity index (χ2v) is 4.25. The van der Waals surface area contributed by atoms with Crippen LogP contribution in [0.25, 0.3) is 10.9 Å². The summed E-state index contributed by atoms with van der Waals surface area (Å²) in [6, 6.07) is 8.44. The molecule has 2 rings (SSSR count). The highest BCUT2D eigenvalue weighted by Gasteiger charge is 1.99. The highest BCUT2D eigenvalue weighted by atomic mass is 14.7. The van der Waals surface area contributed by atoms with E-state index in [0.717, 1.165) is 19.3 Å². The average Bonchev–Trinajstić information content (AvgIpc) is 2.77. The first-order valence-electron chi connectivity index (χ1n) is 6.22. The fraction of sp³-hybridized carbons (Fsp3) is 0.250. The number of aromatic nitrogens is 1. The van der Waals surface area contributed by atoms with Crippen molar-refractivity contribution >= 4 is 10.9 Å². The Morgan fingerprint density at radius 1 is 1.12 bits per heavy atom. The lowest BCUT2D eigenvalue weighted by atomic mass is 10.1. The summed E-state index contributed by atoms with van der Waals surface area (Å²) in [5.41, 5.74) is 2.60. The molecule has 1 N–H and O–H groups in total. The van der Waals surface area contributed by atoms with E-state index in [0.29, 0.717) is 0 Å². The maximum Gasteiger partial charge on any atom is 0.0456 e. The van der Waals surface area contributed by atoms with Crippen LogP contribution in [0.1, 0.15) is 24.8 Å². The largest absolute Gasteiger partial charge is 0.361 e. The van der Waals surface area contributed by atoms with Crippen molar-refractivity contribution in [1.29, 1.82) is 0 Å². The normalized spacial score (nSPS) is 11.3. The SMILES string of the molecule is C=CCCC/C=C/Cc1c[nH]c2ccccc12. The number of allylic oxidation sites excluding steroid dienone is 3. The minimum absolute atomic E-state index is 1.01. The second-order valence-electron chi connectivity index (χ2n) is 4.25. The third-order valence-electron chi connectivity index (χ3n) is 2.96. The monoisotopic (exact) mass is 225 g/mol. The Bertz CT molecular complexity index is 505. The van der Waals surface area contributed by atoms with E-state index in [-0.39, 0.29) is 0 Å². The van der Waals surface area contributed by atoms with E-state index in [1.165, 1.54) is 22.9 Å². The van der Waals surface area contributed by atoms with Crippen LogP contribution in [-0.4, -0.2) is 4.98 Å². The summed E-state index contributed by atoms with van der Waals surface area (Å²) in [5, 5.41) is 1.34. The first-order valence-corrected chi connectivity index (χ1v) is 6.22. The van der Waals surface area contributed by atoms with Gasteiger partial charge in [-0.2, -0.15) is 0 Å². The van der Waals surface area contributed by atoms with Gasteiger partial charge in [-0.15, -0.1) is 6.58 Å². The highest BCUT2D eigenvalue weighted by molar-refractivity contribution is 5.83. The van der Waals surface area contributed by atoms with Crippen molar-refractivity contribution in [1.82, 2.24) is 4.98 Å². The van der Waals surface area contributed by atoms with Crippen LogP contribution in [0.15, 0.2) is 55.3 Å². The van der Waals surface area contributed by atoms with Gasteiger partial charge in [0.1, 0.15) is 0 Å². The minimum atomic E-state index is 1.01. The third kappa shape index (κ3) is 3.10. The van der Waals surface area contributed by atoms with Crippen LogP contribution >= 0.6 is 0 Å². The molecule has 1 heterocycles. The van der Waals surface area contributed by atoms with Crippen LogP contribution in [0.3, 0.4) is 0 Å². The zero-order valence-corrected chi connectivity index (χ0v) is 10.2. The molecule has 2 aromatic rings.